The van der Waals surface area contributed by atoms with Gasteiger partial charge in [0.15, 0.2) is 28.6 Å². The first-order valence-corrected chi connectivity index (χ1v) is 7.61. The molecule has 0 aliphatic rings. The first-order chi connectivity index (χ1) is 10.6. The van der Waals surface area contributed by atoms with Crippen molar-refractivity contribution in [2.45, 2.75) is 0 Å². The van der Waals surface area contributed by atoms with Gasteiger partial charge in [-0.15, -0.1) is 11.8 Å². The fraction of sp³-hybridized carbons (Fsp3) is 0.0714. The number of aromatic nitrogens is 4. The van der Waals surface area contributed by atoms with Gasteiger partial charge in [0, 0.05) is 5.56 Å². The van der Waals surface area contributed by atoms with E-state index in [4.69, 9.17) is 16.9 Å². The molecular weight excluding hydrogens is 298 g/mol. The normalized spacial score (nSPS) is 10.8. The third-order valence-corrected chi connectivity index (χ3v) is 3.64. The van der Waals surface area contributed by atoms with Crippen LogP contribution in [0.5, 0.6) is 0 Å². The summed E-state index contributed by atoms with van der Waals surface area (Å²) >= 11 is 1.23. The van der Waals surface area contributed by atoms with Crippen molar-refractivity contribution in [3.05, 3.63) is 36.0 Å². The first kappa shape index (κ1) is 14.2. The molecule has 3 aromatic rings. The lowest BCUT2D eigenvalue weighted by Gasteiger charge is -2.08. The predicted molar refractivity (Wildman–Crippen MR) is 89.7 cm³/mol. The fourth-order valence-corrected chi connectivity index (χ4v) is 2.30. The van der Waals surface area contributed by atoms with Crippen molar-refractivity contribution >= 4 is 39.6 Å². The van der Waals surface area contributed by atoms with Gasteiger partial charge in [0.1, 0.15) is 10.7 Å². The van der Waals surface area contributed by atoms with E-state index < -0.39 is 0 Å². The third kappa shape index (κ3) is 2.44. The highest BCUT2D eigenvalue weighted by atomic mass is 32.2. The molecule has 0 saturated heterocycles. The molecule has 1 aromatic carbocycles. The maximum Gasteiger partial charge on any atom is 0.186 e. The molecule has 8 heteroatoms. The van der Waals surface area contributed by atoms with Crippen molar-refractivity contribution in [3.63, 3.8) is 0 Å². The summed E-state index contributed by atoms with van der Waals surface area (Å²) in [5, 5.41) is 8.06. The van der Waals surface area contributed by atoms with Crippen LogP contribution in [0.2, 0.25) is 0 Å². The molecule has 7 nitrogen and oxygen atoms in total. The second kappa shape index (κ2) is 5.57. The Kier molecular flexibility index (Phi) is 3.60. The van der Waals surface area contributed by atoms with Gasteiger partial charge in [-0.3, -0.25) is 5.41 Å². The molecule has 0 saturated carbocycles. The summed E-state index contributed by atoms with van der Waals surface area (Å²) in [4.78, 5) is 17.2. The highest BCUT2D eigenvalue weighted by molar-refractivity contribution is 8.13. The monoisotopic (exact) mass is 311 g/mol. The quantitative estimate of drug-likeness (QED) is 0.487. The van der Waals surface area contributed by atoms with E-state index in [-0.39, 0.29) is 16.7 Å². The van der Waals surface area contributed by atoms with Crippen LogP contribution < -0.4 is 11.5 Å². The number of nitrogens with zero attached hydrogens (tertiary/aromatic N) is 4. The summed E-state index contributed by atoms with van der Waals surface area (Å²) in [5.74, 6) is 0.836. The first-order valence-electron chi connectivity index (χ1n) is 6.39. The van der Waals surface area contributed by atoms with Crippen LogP contribution >= 0.6 is 11.8 Å². The van der Waals surface area contributed by atoms with Gasteiger partial charge in [0.05, 0.1) is 0 Å². The highest BCUT2D eigenvalue weighted by Crippen LogP contribution is 2.23. The summed E-state index contributed by atoms with van der Waals surface area (Å²) < 4.78 is 0. The number of nitrogens with two attached hydrogens (primary N) is 2. The number of hydrogen-bond acceptors (Lipinski definition) is 8. The largest absolute Gasteiger partial charge is 0.382 e. The van der Waals surface area contributed by atoms with Crippen LogP contribution in [-0.2, 0) is 0 Å². The number of thioether (sulfide) groups is 1. The number of hydrogen-bond donors (Lipinski definition) is 3. The molecule has 0 spiro atoms. The number of nitrogen functional groups attached to an aromatic ring is 2. The van der Waals surface area contributed by atoms with Gasteiger partial charge in [-0.25, -0.2) is 19.9 Å². The van der Waals surface area contributed by atoms with E-state index in [0.29, 0.717) is 22.7 Å². The van der Waals surface area contributed by atoms with E-state index in [0.717, 1.165) is 5.56 Å². The topological polar surface area (TPSA) is 127 Å². The number of rotatable bonds is 2. The van der Waals surface area contributed by atoms with E-state index in [1.54, 1.807) is 6.26 Å². The molecular formula is C14H13N7S. The zero-order valence-electron chi connectivity index (χ0n) is 11.7. The van der Waals surface area contributed by atoms with Gasteiger partial charge >= 0.3 is 0 Å². The van der Waals surface area contributed by atoms with Crippen LogP contribution in [0.25, 0.3) is 22.6 Å². The Bertz CT molecular complexity index is 864. The molecule has 0 unspecified atom stereocenters. The van der Waals surface area contributed by atoms with Gasteiger partial charge in [-0.05, 0) is 6.26 Å². The minimum absolute atomic E-state index is 0.156. The molecule has 0 aliphatic carbocycles. The second-order valence-electron chi connectivity index (χ2n) is 4.46. The van der Waals surface area contributed by atoms with Crippen LogP contribution in [0, 0.1) is 5.41 Å². The van der Waals surface area contributed by atoms with E-state index in [1.165, 1.54) is 11.8 Å². The van der Waals surface area contributed by atoms with E-state index >= 15 is 0 Å². The average Bonchev–Trinajstić information content (AvgIpc) is 2.54. The molecule has 110 valence electrons. The minimum Gasteiger partial charge on any atom is -0.382 e. The maximum absolute atomic E-state index is 7.84. The Morgan fingerprint density at radius 1 is 1.00 bits per heavy atom. The van der Waals surface area contributed by atoms with Crippen molar-refractivity contribution in [1.29, 1.82) is 5.41 Å². The summed E-state index contributed by atoms with van der Waals surface area (Å²) in [6, 6.07) is 9.46. The van der Waals surface area contributed by atoms with Gasteiger partial charge in [0.2, 0.25) is 0 Å². The number of nitrogens with one attached hydrogen (secondary N) is 1. The molecule has 0 radical (unpaired) electrons. The predicted octanol–water partition coefficient (Wildman–Crippen LogP) is 1.94. The minimum atomic E-state index is 0.156. The van der Waals surface area contributed by atoms with Crippen LogP contribution in [0.4, 0.5) is 11.6 Å². The van der Waals surface area contributed by atoms with Crippen molar-refractivity contribution < 1.29 is 0 Å². The molecule has 0 amide bonds. The van der Waals surface area contributed by atoms with E-state index in [9.17, 15) is 0 Å². The lowest BCUT2D eigenvalue weighted by atomic mass is 10.2. The van der Waals surface area contributed by atoms with Crippen LogP contribution in [0.3, 0.4) is 0 Å². The number of benzene rings is 1. The maximum atomic E-state index is 7.84. The molecule has 22 heavy (non-hydrogen) atoms. The molecule has 0 bridgehead atoms. The lowest BCUT2D eigenvalue weighted by Crippen LogP contribution is -2.09. The van der Waals surface area contributed by atoms with Gasteiger partial charge in [0.25, 0.3) is 0 Å². The second-order valence-corrected chi connectivity index (χ2v) is 5.28. The van der Waals surface area contributed by atoms with E-state index in [2.05, 4.69) is 19.9 Å². The summed E-state index contributed by atoms with van der Waals surface area (Å²) in [6.45, 7) is 0. The van der Waals surface area contributed by atoms with Crippen molar-refractivity contribution in [1.82, 2.24) is 19.9 Å². The standard InChI is InChI=1S/C14H13N7S/c1-22-12(17)8-10(15)20-14-9(18-8)11(16)19-13(21-14)7-5-3-2-4-6-7/h2-6,17H,1H3,(H4,15,16,19,20,21). The fourth-order valence-electron chi connectivity index (χ4n) is 1.96. The molecule has 0 aliphatic heterocycles. The molecule has 5 N–H and O–H groups in total. The van der Waals surface area contributed by atoms with E-state index in [1.807, 2.05) is 30.3 Å². The van der Waals surface area contributed by atoms with Crippen LogP contribution in [-0.4, -0.2) is 31.2 Å². The Labute approximate surface area is 130 Å². The highest BCUT2D eigenvalue weighted by Gasteiger charge is 2.15. The zero-order chi connectivity index (χ0) is 15.7. The summed E-state index contributed by atoms with van der Waals surface area (Å²) in [5.41, 5.74) is 13.7. The van der Waals surface area contributed by atoms with Crippen LogP contribution in [0.15, 0.2) is 30.3 Å². The lowest BCUT2D eigenvalue weighted by molar-refractivity contribution is 1.16. The van der Waals surface area contributed by atoms with Gasteiger partial charge in [-0.1, -0.05) is 30.3 Å². The Morgan fingerprint density at radius 2 is 1.73 bits per heavy atom. The van der Waals surface area contributed by atoms with Crippen molar-refractivity contribution in [2.75, 3.05) is 17.7 Å². The van der Waals surface area contributed by atoms with Gasteiger partial charge < -0.3 is 11.5 Å². The zero-order valence-corrected chi connectivity index (χ0v) is 12.6. The molecule has 3 rings (SSSR count). The SMILES string of the molecule is CSC(=N)c1nc2c(N)nc(-c3ccccc3)nc2nc1N. The van der Waals surface area contributed by atoms with Gasteiger partial charge in [-0.2, -0.15) is 0 Å². The van der Waals surface area contributed by atoms with Crippen molar-refractivity contribution in [3.8, 4) is 11.4 Å². The molecule has 0 atom stereocenters. The summed E-state index contributed by atoms with van der Waals surface area (Å²) in [7, 11) is 0. The molecule has 0 fully saturated rings. The smallest absolute Gasteiger partial charge is 0.186 e. The molecule has 2 heterocycles. The Morgan fingerprint density at radius 3 is 2.41 bits per heavy atom. The van der Waals surface area contributed by atoms with Crippen LogP contribution in [0.1, 0.15) is 5.69 Å². The molecule has 2 aromatic heterocycles. The number of fused-ring (bicyclic) bond motifs is 1. The number of anilines is 2. The Balaban J connectivity index is 2.22. The van der Waals surface area contributed by atoms with Crippen molar-refractivity contribution in [2.24, 2.45) is 0 Å². The Hall–Kier alpha value is -2.74. The third-order valence-electron chi connectivity index (χ3n) is 3.04. The summed E-state index contributed by atoms with van der Waals surface area (Å²) in [6.07, 6.45) is 1.77. The average molecular weight is 311 g/mol.